The molecule has 0 spiro atoms. The molecule has 2 amide bonds. The van der Waals surface area contributed by atoms with E-state index >= 15 is 0 Å². The minimum Gasteiger partial charge on any atom is -0.381 e. The quantitative estimate of drug-likeness (QED) is 0.800. The SMILES string of the molecule is Cc1ccc(CNC(=O)NC[C@@H]([C@H]2CCOC2)N2CCOCC2)cn1. The summed E-state index contributed by atoms with van der Waals surface area (Å²) in [6.07, 6.45) is 2.85. The van der Waals surface area contributed by atoms with Crippen LogP contribution in [0.5, 0.6) is 0 Å². The van der Waals surface area contributed by atoms with Crippen LogP contribution < -0.4 is 10.6 Å². The van der Waals surface area contributed by atoms with Crippen molar-refractivity contribution in [3.05, 3.63) is 29.6 Å². The maximum atomic E-state index is 12.2. The number of nitrogens with zero attached hydrogens (tertiary/aromatic N) is 2. The van der Waals surface area contributed by atoms with Crippen molar-refractivity contribution in [2.45, 2.75) is 25.9 Å². The molecule has 1 aromatic heterocycles. The summed E-state index contributed by atoms with van der Waals surface area (Å²) < 4.78 is 11.0. The Labute approximate surface area is 149 Å². The second-order valence-corrected chi connectivity index (χ2v) is 6.71. The van der Waals surface area contributed by atoms with E-state index in [2.05, 4.69) is 20.5 Å². The molecule has 2 N–H and O–H groups in total. The van der Waals surface area contributed by atoms with E-state index in [4.69, 9.17) is 9.47 Å². The number of hydrogen-bond donors (Lipinski definition) is 2. The van der Waals surface area contributed by atoms with Gasteiger partial charge in [-0.15, -0.1) is 0 Å². The van der Waals surface area contributed by atoms with Crippen LogP contribution >= 0.6 is 0 Å². The second kappa shape index (κ2) is 9.12. The van der Waals surface area contributed by atoms with E-state index < -0.39 is 0 Å². The Balaban J connectivity index is 1.47. The molecule has 2 atom stereocenters. The van der Waals surface area contributed by atoms with Crippen molar-refractivity contribution >= 4 is 6.03 Å². The average molecular weight is 348 g/mol. The Hall–Kier alpha value is -1.70. The summed E-state index contributed by atoms with van der Waals surface area (Å²) in [7, 11) is 0. The van der Waals surface area contributed by atoms with E-state index in [1.165, 1.54) is 0 Å². The van der Waals surface area contributed by atoms with Gasteiger partial charge in [-0.2, -0.15) is 0 Å². The van der Waals surface area contributed by atoms with E-state index in [1.807, 2.05) is 19.1 Å². The molecule has 7 nitrogen and oxygen atoms in total. The van der Waals surface area contributed by atoms with E-state index in [9.17, 15) is 4.79 Å². The molecule has 1 aromatic rings. The summed E-state index contributed by atoms with van der Waals surface area (Å²) in [5, 5.41) is 5.93. The fraction of sp³-hybridized carbons (Fsp3) is 0.667. The number of pyridine rings is 1. The summed E-state index contributed by atoms with van der Waals surface area (Å²) in [5.74, 6) is 0.472. The van der Waals surface area contributed by atoms with Gasteiger partial charge in [0.15, 0.2) is 0 Å². The topological polar surface area (TPSA) is 75.7 Å². The number of nitrogens with one attached hydrogen (secondary N) is 2. The Morgan fingerprint density at radius 2 is 2.12 bits per heavy atom. The number of aryl methyl sites for hydroxylation is 1. The van der Waals surface area contributed by atoms with Gasteiger partial charge < -0.3 is 20.1 Å². The van der Waals surface area contributed by atoms with Gasteiger partial charge in [-0.3, -0.25) is 9.88 Å². The van der Waals surface area contributed by atoms with Crippen LogP contribution in [0.1, 0.15) is 17.7 Å². The number of carbonyl (C=O) groups excluding carboxylic acids is 1. The molecule has 0 saturated carbocycles. The van der Waals surface area contributed by atoms with Crippen LogP contribution in [-0.4, -0.2) is 68.0 Å². The van der Waals surface area contributed by atoms with E-state index in [0.717, 1.165) is 57.2 Å². The zero-order valence-electron chi connectivity index (χ0n) is 14.9. The van der Waals surface area contributed by atoms with Crippen LogP contribution in [0.3, 0.4) is 0 Å². The molecule has 2 saturated heterocycles. The van der Waals surface area contributed by atoms with Crippen LogP contribution in [-0.2, 0) is 16.0 Å². The number of ether oxygens (including phenoxy) is 2. The zero-order valence-corrected chi connectivity index (χ0v) is 14.9. The highest BCUT2D eigenvalue weighted by Gasteiger charge is 2.31. The Morgan fingerprint density at radius 3 is 2.80 bits per heavy atom. The van der Waals surface area contributed by atoms with Gasteiger partial charge in [-0.1, -0.05) is 6.07 Å². The van der Waals surface area contributed by atoms with Gasteiger partial charge in [0.2, 0.25) is 0 Å². The monoisotopic (exact) mass is 348 g/mol. The van der Waals surface area contributed by atoms with Gasteiger partial charge in [-0.25, -0.2) is 4.79 Å². The predicted octanol–water partition coefficient (Wildman–Crippen LogP) is 0.927. The predicted molar refractivity (Wildman–Crippen MR) is 94.3 cm³/mol. The summed E-state index contributed by atoms with van der Waals surface area (Å²) >= 11 is 0. The third-order valence-corrected chi connectivity index (χ3v) is 4.92. The van der Waals surface area contributed by atoms with Crippen molar-refractivity contribution < 1.29 is 14.3 Å². The largest absolute Gasteiger partial charge is 0.381 e. The lowest BCUT2D eigenvalue weighted by atomic mass is 9.97. The molecule has 25 heavy (non-hydrogen) atoms. The van der Waals surface area contributed by atoms with Gasteiger partial charge >= 0.3 is 6.03 Å². The molecule has 2 aliphatic heterocycles. The highest BCUT2D eigenvalue weighted by atomic mass is 16.5. The number of morpholine rings is 1. The first-order valence-corrected chi connectivity index (χ1v) is 9.05. The summed E-state index contributed by atoms with van der Waals surface area (Å²) in [6, 6.07) is 4.09. The fourth-order valence-electron chi connectivity index (χ4n) is 3.40. The van der Waals surface area contributed by atoms with Crippen LogP contribution in [0.15, 0.2) is 18.3 Å². The summed E-state index contributed by atoms with van der Waals surface area (Å²) in [4.78, 5) is 18.8. The lowest BCUT2D eigenvalue weighted by Crippen LogP contribution is -2.53. The van der Waals surface area contributed by atoms with Gasteiger partial charge in [0.1, 0.15) is 0 Å². The minimum absolute atomic E-state index is 0.141. The van der Waals surface area contributed by atoms with Gasteiger partial charge in [0, 0.05) is 56.6 Å². The van der Waals surface area contributed by atoms with Crippen molar-refractivity contribution in [3.8, 4) is 0 Å². The highest BCUT2D eigenvalue weighted by molar-refractivity contribution is 5.73. The first-order chi connectivity index (χ1) is 12.2. The molecule has 2 aliphatic rings. The molecular weight excluding hydrogens is 320 g/mol. The molecule has 0 unspecified atom stereocenters. The Morgan fingerprint density at radius 1 is 1.28 bits per heavy atom. The summed E-state index contributed by atoms with van der Waals surface area (Å²) in [6.45, 7) is 8.01. The number of rotatable bonds is 6. The van der Waals surface area contributed by atoms with Crippen LogP contribution in [0.2, 0.25) is 0 Å². The Bertz CT molecular complexity index is 540. The number of amides is 2. The number of hydrogen-bond acceptors (Lipinski definition) is 5. The van der Waals surface area contributed by atoms with Crippen molar-refractivity contribution in [3.63, 3.8) is 0 Å². The lowest BCUT2D eigenvalue weighted by molar-refractivity contribution is 0.00212. The minimum atomic E-state index is -0.141. The van der Waals surface area contributed by atoms with E-state index in [0.29, 0.717) is 25.0 Å². The third kappa shape index (κ3) is 5.39. The number of carbonyl (C=O) groups is 1. The van der Waals surface area contributed by atoms with Crippen molar-refractivity contribution in [2.24, 2.45) is 5.92 Å². The maximum Gasteiger partial charge on any atom is 0.315 e. The van der Waals surface area contributed by atoms with Crippen molar-refractivity contribution in [2.75, 3.05) is 46.1 Å². The lowest BCUT2D eigenvalue weighted by Gasteiger charge is -2.37. The smallest absolute Gasteiger partial charge is 0.315 e. The molecule has 7 heteroatoms. The number of urea groups is 1. The van der Waals surface area contributed by atoms with Crippen molar-refractivity contribution in [1.29, 1.82) is 0 Å². The van der Waals surface area contributed by atoms with Crippen LogP contribution in [0.4, 0.5) is 4.79 Å². The normalized spacial score (nSPS) is 22.5. The van der Waals surface area contributed by atoms with Gasteiger partial charge in [0.05, 0.1) is 19.8 Å². The standard InChI is InChI=1S/C18H28N4O3/c1-14-2-3-15(10-19-14)11-20-18(23)21-12-17(16-4-7-25-13-16)22-5-8-24-9-6-22/h2-3,10,16-17H,4-9,11-13H2,1H3,(H2,20,21,23)/t16-,17-/m0/s1. The van der Waals surface area contributed by atoms with Crippen LogP contribution in [0, 0.1) is 12.8 Å². The molecule has 0 aromatic carbocycles. The molecule has 3 rings (SSSR count). The molecule has 2 fully saturated rings. The van der Waals surface area contributed by atoms with Gasteiger partial charge in [-0.05, 0) is 25.0 Å². The van der Waals surface area contributed by atoms with Crippen molar-refractivity contribution in [1.82, 2.24) is 20.5 Å². The molecule has 138 valence electrons. The highest BCUT2D eigenvalue weighted by Crippen LogP contribution is 2.21. The number of aromatic nitrogens is 1. The zero-order chi connectivity index (χ0) is 17.5. The maximum absolute atomic E-state index is 12.2. The molecule has 0 radical (unpaired) electrons. The fourth-order valence-corrected chi connectivity index (χ4v) is 3.40. The van der Waals surface area contributed by atoms with E-state index in [1.54, 1.807) is 6.20 Å². The first-order valence-electron chi connectivity index (χ1n) is 9.05. The molecular formula is C18H28N4O3. The van der Waals surface area contributed by atoms with Gasteiger partial charge in [0.25, 0.3) is 0 Å². The Kier molecular flexibility index (Phi) is 6.61. The summed E-state index contributed by atoms with van der Waals surface area (Å²) in [5.41, 5.74) is 1.97. The van der Waals surface area contributed by atoms with E-state index in [-0.39, 0.29) is 6.03 Å². The first kappa shape index (κ1) is 18.1. The molecule has 0 bridgehead atoms. The van der Waals surface area contributed by atoms with Crippen LogP contribution in [0.25, 0.3) is 0 Å². The average Bonchev–Trinajstić information content (AvgIpc) is 3.17. The molecule has 0 aliphatic carbocycles. The third-order valence-electron chi connectivity index (χ3n) is 4.92. The second-order valence-electron chi connectivity index (χ2n) is 6.71. The molecule has 3 heterocycles.